The second-order valence-electron chi connectivity index (χ2n) is 17.0. The Labute approximate surface area is 411 Å². The predicted molar refractivity (Wildman–Crippen MR) is 248 cm³/mol. The van der Waals surface area contributed by atoms with Crippen LogP contribution in [0, 0.1) is 5.41 Å². The number of phosphoric ester groups is 3. The van der Waals surface area contributed by atoms with Gasteiger partial charge in [0.15, 0.2) is 22.8 Å². The zero-order valence-electron chi connectivity index (χ0n) is 39.4. The van der Waals surface area contributed by atoms with Crippen molar-refractivity contribution in [2.45, 2.75) is 147 Å². The Bertz CT molecular complexity index is 2160. The van der Waals surface area contributed by atoms with Gasteiger partial charge in [-0.05, 0) is 44.9 Å². The number of nitrogens with one attached hydrogen (secondary N) is 2. The van der Waals surface area contributed by atoms with E-state index < -0.39 is 84.6 Å². The van der Waals surface area contributed by atoms with Gasteiger partial charge >= 0.3 is 0 Å². The van der Waals surface area contributed by atoms with Crippen LogP contribution < -0.4 is 35.9 Å². The van der Waals surface area contributed by atoms with Crippen LogP contribution in [0.25, 0.3) is 11.2 Å². The van der Waals surface area contributed by atoms with Gasteiger partial charge in [0.1, 0.15) is 36.3 Å². The standard InChI is InChI=1S/C41H70N7O18P3S/c1-4-5-6-15-18-29(49)19-16-13-11-9-7-8-10-12-14-17-20-32(51)70-24-23-43-31(50)21-22-44-39(54)36(53)41(2,3)26-63-69(60,61)66-68(58,59)62-25-30-35(65-67(55,56)57)34(52)40(64-30)48-28-47-33-37(42)45-27-46-38(33)48/h5-6,13,16,27-30,34-36,40,49,52-53H,4,7-12,14-15,17-26H2,1-3H3,(H,43,50)(H,44,54)(H,58,59)(H,60,61)(H2,42,45,46)(H2,55,56,57)/p-4/b6-5-,16-13-/t29-,30-,34-,35-,36+,40-/m1/s1. The van der Waals surface area contributed by atoms with E-state index in [1.54, 1.807) is 0 Å². The summed E-state index contributed by atoms with van der Waals surface area (Å²) < 4.78 is 60.8. The summed E-state index contributed by atoms with van der Waals surface area (Å²) in [6, 6.07) is 0. The van der Waals surface area contributed by atoms with E-state index in [2.05, 4.69) is 74.7 Å². The summed E-state index contributed by atoms with van der Waals surface area (Å²) >= 11 is 1.12. The summed E-state index contributed by atoms with van der Waals surface area (Å²) in [5, 5.41) is 36.5. The maximum Gasteiger partial charge on any atom is 0.274 e. The smallest absolute Gasteiger partial charge is 0.274 e. The van der Waals surface area contributed by atoms with Crippen LogP contribution in [-0.4, -0.2) is 114 Å². The minimum absolute atomic E-state index is 0.0220. The van der Waals surface area contributed by atoms with Crippen LogP contribution in [0.15, 0.2) is 37.0 Å². The molecule has 2 amide bonds. The number of aliphatic hydroxyl groups is 3. The zero-order chi connectivity index (χ0) is 52.0. The summed E-state index contributed by atoms with van der Waals surface area (Å²) in [6.07, 6.45) is 12.7. The fourth-order valence-electron chi connectivity index (χ4n) is 6.82. The molecular formula is C41H66N7O18P3S-4. The molecule has 8 atom stereocenters. The van der Waals surface area contributed by atoms with E-state index >= 15 is 0 Å². The Hall–Kier alpha value is -3.00. The molecule has 7 N–H and O–H groups in total. The first kappa shape index (κ1) is 61.3. The number of nitrogens with two attached hydrogens (primary N) is 1. The van der Waals surface area contributed by atoms with Crippen molar-refractivity contribution in [1.82, 2.24) is 30.2 Å². The molecule has 0 radical (unpaired) electrons. The Morgan fingerprint density at radius 3 is 2.29 bits per heavy atom. The van der Waals surface area contributed by atoms with Crippen molar-refractivity contribution >= 4 is 69.1 Å². The van der Waals surface area contributed by atoms with Gasteiger partial charge in [-0.2, -0.15) is 0 Å². The number of hydrogen-bond acceptors (Lipinski definition) is 23. The zero-order valence-corrected chi connectivity index (χ0v) is 42.9. The maximum absolute atomic E-state index is 12.7. The Morgan fingerprint density at radius 1 is 0.914 bits per heavy atom. The van der Waals surface area contributed by atoms with E-state index in [0.29, 0.717) is 18.6 Å². The predicted octanol–water partition coefficient (Wildman–Crippen LogP) is 1.70. The number of anilines is 1. The monoisotopic (exact) mass is 1070 g/mol. The van der Waals surface area contributed by atoms with Crippen LogP contribution in [-0.2, 0) is 50.7 Å². The maximum atomic E-state index is 12.7. The molecule has 1 aliphatic rings. The minimum Gasteiger partial charge on any atom is -0.790 e. The molecule has 0 spiro atoms. The summed E-state index contributed by atoms with van der Waals surface area (Å²) in [5.41, 5.74) is 4.08. The number of hydrogen-bond donors (Lipinski definition) is 6. The normalized spacial score (nSPS) is 20.4. The van der Waals surface area contributed by atoms with Gasteiger partial charge in [0.25, 0.3) is 15.6 Å². The third-order valence-corrected chi connectivity index (χ3v) is 14.6. The van der Waals surface area contributed by atoms with Crippen LogP contribution in [0.3, 0.4) is 0 Å². The van der Waals surface area contributed by atoms with Crippen molar-refractivity contribution < 1.29 is 85.6 Å². The second-order valence-corrected chi connectivity index (χ2v) is 22.3. The number of ether oxygens (including phenoxy) is 1. The number of thioether (sulfide) groups is 1. The molecular weight excluding hydrogens is 1000 g/mol. The second kappa shape index (κ2) is 30.3. The highest BCUT2D eigenvalue weighted by Gasteiger charge is 2.47. The van der Waals surface area contributed by atoms with E-state index in [9.17, 15) is 63.0 Å². The average Bonchev–Trinajstić information content (AvgIpc) is 3.85. The molecule has 0 aliphatic carbocycles. The largest absolute Gasteiger partial charge is 0.790 e. The lowest BCUT2D eigenvalue weighted by atomic mass is 9.87. The summed E-state index contributed by atoms with van der Waals surface area (Å²) in [7, 11) is -17.6. The molecule has 2 aromatic heterocycles. The molecule has 398 valence electrons. The number of phosphoric acid groups is 3. The minimum atomic E-state index is -5.93. The van der Waals surface area contributed by atoms with Gasteiger partial charge in [0.2, 0.25) is 11.8 Å². The quantitative estimate of drug-likeness (QED) is 0.0325. The number of nitrogens with zero attached hydrogens (tertiary/aromatic N) is 4. The van der Waals surface area contributed by atoms with Crippen molar-refractivity contribution in [3.05, 3.63) is 37.0 Å². The van der Waals surface area contributed by atoms with Gasteiger partial charge in [0, 0.05) is 37.1 Å². The van der Waals surface area contributed by atoms with Crippen molar-refractivity contribution in [2.24, 2.45) is 5.41 Å². The molecule has 2 unspecified atom stereocenters. The number of allylic oxidation sites excluding steroid dienone is 3. The fraction of sp³-hybridized carbons (Fsp3) is 0.707. The van der Waals surface area contributed by atoms with Crippen LogP contribution in [0.4, 0.5) is 5.82 Å². The van der Waals surface area contributed by atoms with Gasteiger partial charge in [-0.25, -0.2) is 19.3 Å². The molecule has 2 aromatic rings. The van der Waals surface area contributed by atoms with Gasteiger partial charge in [0.05, 0.1) is 33.5 Å². The van der Waals surface area contributed by atoms with Crippen molar-refractivity contribution in [3.8, 4) is 0 Å². The third kappa shape index (κ3) is 22.8. The van der Waals surface area contributed by atoms with Crippen LogP contribution >= 0.6 is 35.2 Å². The number of aliphatic hydroxyl groups excluding tert-OH is 3. The Balaban J connectivity index is 1.28. The lowest BCUT2D eigenvalue weighted by molar-refractivity contribution is -0.347. The highest BCUT2D eigenvalue weighted by Crippen LogP contribution is 2.56. The number of amides is 2. The van der Waals surface area contributed by atoms with Crippen LogP contribution in [0.1, 0.15) is 117 Å². The lowest BCUT2D eigenvalue weighted by Gasteiger charge is -2.36. The molecule has 1 fully saturated rings. The lowest BCUT2D eigenvalue weighted by Crippen LogP contribution is -2.46. The molecule has 70 heavy (non-hydrogen) atoms. The third-order valence-electron chi connectivity index (χ3n) is 10.6. The molecule has 3 heterocycles. The first-order chi connectivity index (χ1) is 32.9. The number of carbonyl (C=O) groups excluding carboxylic acids is 3. The number of rotatable bonds is 35. The molecule has 1 saturated heterocycles. The van der Waals surface area contributed by atoms with Gasteiger partial charge in [-0.3, -0.25) is 28.1 Å². The van der Waals surface area contributed by atoms with Crippen molar-refractivity contribution in [1.29, 1.82) is 0 Å². The Morgan fingerprint density at radius 2 is 1.59 bits per heavy atom. The highest BCUT2D eigenvalue weighted by atomic mass is 32.2. The summed E-state index contributed by atoms with van der Waals surface area (Å²) in [4.78, 5) is 96.9. The van der Waals surface area contributed by atoms with E-state index in [1.165, 1.54) is 13.8 Å². The average molecular weight is 1070 g/mol. The number of imidazole rings is 1. The van der Waals surface area contributed by atoms with E-state index in [1.807, 2.05) is 0 Å². The first-order valence-corrected chi connectivity index (χ1v) is 28.3. The van der Waals surface area contributed by atoms with E-state index in [0.717, 1.165) is 99.6 Å². The first-order valence-electron chi connectivity index (χ1n) is 22.9. The van der Waals surface area contributed by atoms with Gasteiger partial charge in [-0.15, -0.1) is 0 Å². The van der Waals surface area contributed by atoms with Crippen LogP contribution in [0.2, 0.25) is 0 Å². The molecule has 1 aliphatic heterocycles. The van der Waals surface area contributed by atoms with Crippen LogP contribution in [0.5, 0.6) is 0 Å². The van der Waals surface area contributed by atoms with Crippen molar-refractivity contribution in [2.75, 3.05) is 37.8 Å². The molecule has 29 heteroatoms. The van der Waals surface area contributed by atoms with E-state index in [4.69, 9.17) is 10.5 Å². The van der Waals surface area contributed by atoms with Gasteiger partial charge in [-0.1, -0.05) is 88.9 Å². The van der Waals surface area contributed by atoms with Gasteiger partial charge < -0.3 is 74.1 Å². The number of fused-ring (bicyclic) bond motifs is 1. The topological polar surface area (TPSA) is 395 Å². The number of aromatic nitrogens is 4. The molecule has 3 rings (SSSR count). The summed E-state index contributed by atoms with van der Waals surface area (Å²) in [6.45, 7) is 2.21. The fourth-order valence-corrected chi connectivity index (χ4v) is 10.3. The number of carbonyl (C=O) groups is 3. The number of nitrogen functional groups attached to an aromatic ring is 1. The molecule has 0 bridgehead atoms. The Kier molecular flexibility index (Phi) is 26.5. The van der Waals surface area contributed by atoms with E-state index in [-0.39, 0.29) is 47.7 Å². The molecule has 0 aromatic carbocycles. The SMILES string of the molecule is CC/C=C\CC[C@@H](O)C/C=C\CCCCCCCCCC(=O)SCCNC(=O)CCNC(=O)[C@H](O)C(C)(C)COP(=O)([O-])OP(=O)([O-])OC[C@H]1O[C@@H](n2cnc3c(N)ncnc32)[C@H](O)[C@@H]1OP(=O)([O-])[O-]. The number of unbranched alkanes of at least 4 members (excludes halogenated alkanes) is 7. The highest BCUT2D eigenvalue weighted by molar-refractivity contribution is 8.13. The summed E-state index contributed by atoms with van der Waals surface area (Å²) in [5.74, 6) is -1.18. The van der Waals surface area contributed by atoms with Crippen molar-refractivity contribution in [3.63, 3.8) is 0 Å². The molecule has 0 saturated carbocycles. The molecule has 25 nitrogen and oxygen atoms in total.